The van der Waals surface area contributed by atoms with E-state index in [9.17, 15) is 4.79 Å². The molecular formula is C2H6N4O2. The first-order chi connectivity index (χ1) is 3.81. The molecule has 0 radical (unpaired) electrons. The van der Waals surface area contributed by atoms with Crippen molar-refractivity contribution in [1.82, 2.24) is 5.48 Å². The lowest BCUT2D eigenvalue weighted by Crippen LogP contribution is -2.32. The lowest BCUT2D eigenvalue weighted by molar-refractivity contribution is -0.132. The van der Waals surface area contributed by atoms with Gasteiger partial charge in [0.15, 0.2) is 0 Å². The Balaban J connectivity index is 3.24. The highest BCUT2D eigenvalue weighted by molar-refractivity contribution is 5.76. The quantitative estimate of drug-likeness (QED) is 0.126. The van der Waals surface area contributed by atoms with Crippen LogP contribution >= 0.6 is 0 Å². The zero-order chi connectivity index (χ0) is 6.41. The molecule has 6 heteroatoms. The summed E-state index contributed by atoms with van der Waals surface area (Å²) in [7, 11) is 0. The van der Waals surface area contributed by atoms with E-state index in [-0.39, 0.29) is 12.4 Å². The highest BCUT2D eigenvalue weighted by atomic mass is 16.7. The Kier molecular flexibility index (Phi) is 3.04. The second-order valence-electron chi connectivity index (χ2n) is 0.830. The summed E-state index contributed by atoms with van der Waals surface area (Å²) in [5, 5.41) is 2.93. The third-order valence-electron chi connectivity index (χ3n) is 0.351. The van der Waals surface area contributed by atoms with E-state index in [1.165, 1.54) is 0 Å². The van der Waals surface area contributed by atoms with E-state index in [0.29, 0.717) is 0 Å². The van der Waals surface area contributed by atoms with Crippen molar-refractivity contribution in [2.75, 3.05) is 0 Å². The van der Waals surface area contributed by atoms with E-state index in [1.807, 2.05) is 5.48 Å². The Bertz CT molecular complexity index is 100. The Morgan fingerprint density at radius 1 is 1.88 bits per heavy atom. The summed E-state index contributed by atoms with van der Waals surface area (Å²) >= 11 is 0. The molecule has 5 N–H and O–H groups in total. The summed E-state index contributed by atoms with van der Waals surface area (Å²) in [5.41, 5.74) is 6.81. The molecule has 0 heterocycles. The summed E-state index contributed by atoms with van der Waals surface area (Å²) in [6, 6.07) is 0. The Labute approximate surface area is 45.4 Å². The van der Waals surface area contributed by atoms with Crippen LogP contribution in [0.4, 0.5) is 0 Å². The van der Waals surface area contributed by atoms with Crippen LogP contribution in [0.5, 0.6) is 0 Å². The van der Waals surface area contributed by atoms with E-state index < -0.39 is 0 Å². The van der Waals surface area contributed by atoms with Crippen molar-refractivity contribution in [2.45, 2.75) is 0 Å². The Hall–Kier alpha value is -1.46. The molecule has 0 aromatic heterocycles. The fourth-order valence-electron chi connectivity index (χ4n) is 0.111. The van der Waals surface area contributed by atoms with Crippen LogP contribution in [0.15, 0.2) is 5.10 Å². The minimum Gasteiger partial charge on any atom is -0.366 e. The van der Waals surface area contributed by atoms with Gasteiger partial charge in [-0.3, -0.25) is 4.79 Å². The molecule has 0 aromatic carbocycles. The van der Waals surface area contributed by atoms with Crippen LogP contribution in [-0.4, -0.2) is 12.4 Å². The molecule has 0 saturated heterocycles. The van der Waals surface area contributed by atoms with E-state index >= 15 is 0 Å². The van der Waals surface area contributed by atoms with Crippen LogP contribution in [0, 0.1) is 0 Å². The molecule has 46 valence electrons. The molecule has 0 rings (SSSR count). The van der Waals surface area contributed by atoms with Gasteiger partial charge >= 0.3 is 6.47 Å². The highest BCUT2D eigenvalue weighted by Gasteiger charge is 1.82. The molecule has 0 aliphatic rings. The monoisotopic (exact) mass is 118 g/mol. The largest absolute Gasteiger partial charge is 0.366 e. The van der Waals surface area contributed by atoms with Crippen molar-refractivity contribution in [3.63, 3.8) is 0 Å². The minimum absolute atomic E-state index is 0.155. The molecule has 0 aromatic rings. The second kappa shape index (κ2) is 3.72. The fourth-order valence-corrected chi connectivity index (χ4v) is 0.111. The second-order valence-corrected chi connectivity index (χ2v) is 0.830. The van der Waals surface area contributed by atoms with Gasteiger partial charge in [0.25, 0.3) is 0 Å². The standard InChI is InChI=1S/C2H6N4O2/c3-2(5-4)6-8-1-7/h1H,4H2,(H3,3,5,6). The summed E-state index contributed by atoms with van der Waals surface area (Å²) in [4.78, 5) is 13.3. The number of hydroxylamine groups is 1. The van der Waals surface area contributed by atoms with Crippen molar-refractivity contribution < 1.29 is 9.63 Å². The van der Waals surface area contributed by atoms with Crippen molar-refractivity contribution >= 4 is 12.4 Å². The zero-order valence-corrected chi connectivity index (χ0v) is 4.00. The van der Waals surface area contributed by atoms with Crippen molar-refractivity contribution in [2.24, 2.45) is 16.7 Å². The average Bonchev–Trinajstić information content (AvgIpc) is 1.83. The molecule has 0 aliphatic heterocycles. The van der Waals surface area contributed by atoms with Crippen LogP contribution in [0.2, 0.25) is 0 Å². The summed E-state index contributed by atoms with van der Waals surface area (Å²) in [6.45, 7) is 0.165. The molecule has 8 heavy (non-hydrogen) atoms. The lowest BCUT2D eigenvalue weighted by Gasteiger charge is -1.95. The van der Waals surface area contributed by atoms with Gasteiger partial charge in [0.1, 0.15) is 0 Å². The minimum atomic E-state index is -0.155. The van der Waals surface area contributed by atoms with E-state index in [2.05, 4.69) is 15.8 Å². The van der Waals surface area contributed by atoms with Gasteiger partial charge in [-0.2, -0.15) is 5.48 Å². The maximum absolute atomic E-state index is 9.39. The first kappa shape index (κ1) is 6.54. The summed E-state index contributed by atoms with van der Waals surface area (Å²) < 4.78 is 0. The van der Waals surface area contributed by atoms with Gasteiger partial charge in [-0.15, -0.1) is 5.10 Å². The SMILES string of the molecule is NN=C(N)NOC=O. The van der Waals surface area contributed by atoms with Gasteiger partial charge in [-0.05, 0) is 0 Å². The lowest BCUT2D eigenvalue weighted by atomic mass is 11.1. The van der Waals surface area contributed by atoms with E-state index in [1.54, 1.807) is 0 Å². The molecule has 0 saturated carbocycles. The van der Waals surface area contributed by atoms with Crippen LogP contribution in [0.1, 0.15) is 0 Å². The van der Waals surface area contributed by atoms with Gasteiger partial charge in [-0.1, -0.05) is 0 Å². The number of carbonyl (C=O) groups excluding carboxylic acids is 1. The molecule has 0 unspecified atom stereocenters. The maximum atomic E-state index is 9.39. The molecule has 6 nitrogen and oxygen atoms in total. The average molecular weight is 118 g/mol. The third kappa shape index (κ3) is 2.76. The predicted molar refractivity (Wildman–Crippen MR) is 26.1 cm³/mol. The van der Waals surface area contributed by atoms with Crippen molar-refractivity contribution in [3.05, 3.63) is 0 Å². The summed E-state index contributed by atoms with van der Waals surface area (Å²) in [5.74, 6) is 4.46. The van der Waals surface area contributed by atoms with Gasteiger partial charge in [0, 0.05) is 0 Å². The number of rotatable bonds is 2. The number of hydrogen-bond acceptors (Lipinski definition) is 4. The molecule has 0 amide bonds. The first-order valence-electron chi connectivity index (χ1n) is 1.70. The highest BCUT2D eigenvalue weighted by Crippen LogP contribution is 1.52. The summed E-state index contributed by atoms with van der Waals surface area (Å²) in [6.07, 6.45) is 0. The number of nitrogens with one attached hydrogen (secondary N) is 1. The van der Waals surface area contributed by atoms with Crippen molar-refractivity contribution in [3.8, 4) is 0 Å². The van der Waals surface area contributed by atoms with Gasteiger partial charge in [0.05, 0.1) is 0 Å². The molecular weight excluding hydrogens is 112 g/mol. The topological polar surface area (TPSA) is 103 Å². The third-order valence-corrected chi connectivity index (χ3v) is 0.351. The van der Waals surface area contributed by atoms with E-state index in [0.717, 1.165) is 0 Å². The maximum Gasteiger partial charge on any atom is 0.320 e. The van der Waals surface area contributed by atoms with Crippen LogP contribution in [0.3, 0.4) is 0 Å². The number of nitrogens with zero attached hydrogens (tertiary/aromatic N) is 1. The van der Waals surface area contributed by atoms with Crippen LogP contribution in [-0.2, 0) is 9.63 Å². The smallest absolute Gasteiger partial charge is 0.320 e. The Morgan fingerprint density at radius 2 is 2.50 bits per heavy atom. The normalized spacial score (nSPS) is 10.2. The molecule has 0 atom stereocenters. The Morgan fingerprint density at radius 3 is 2.88 bits per heavy atom. The molecule has 0 spiro atoms. The molecule has 0 bridgehead atoms. The number of nitrogens with two attached hydrogens (primary N) is 2. The molecule has 0 fully saturated rings. The van der Waals surface area contributed by atoms with Gasteiger partial charge < -0.3 is 16.4 Å². The number of guanidine groups is 1. The first-order valence-corrected chi connectivity index (χ1v) is 1.70. The van der Waals surface area contributed by atoms with E-state index in [4.69, 9.17) is 5.73 Å². The van der Waals surface area contributed by atoms with Crippen LogP contribution in [0.25, 0.3) is 0 Å². The fraction of sp³-hybridized carbons (Fsp3) is 0. The number of carbonyl (C=O) groups is 1. The van der Waals surface area contributed by atoms with Gasteiger partial charge in [-0.25, -0.2) is 0 Å². The van der Waals surface area contributed by atoms with Crippen LogP contribution < -0.4 is 17.1 Å². The number of hydrazone groups is 1. The number of hydrogen-bond donors (Lipinski definition) is 3. The predicted octanol–water partition coefficient (Wildman–Crippen LogP) is -2.15. The van der Waals surface area contributed by atoms with Gasteiger partial charge in [0.2, 0.25) is 5.96 Å². The molecule has 0 aliphatic carbocycles. The van der Waals surface area contributed by atoms with Crippen molar-refractivity contribution in [1.29, 1.82) is 0 Å². The zero-order valence-electron chi connectivity index (χ0n) is 4.00.